The summed E-state index contributed by atoms with van der Waals surface area (Å²) in [5.74, 6) is 1.93. The molecule has 0 unspecified atom stereocenters. The standard InChI is InChI=1S/C16H16N2O5/c1-10-12(3-4-21-10)16(19)18-17-9-11-7-13(20-2)15-14(8-11)22-5-6-23-15/h3-4,7-9H,5-6H2,1-2H3,(H,18,19)/b17-9-. The quantitative estimate of drug-likeness (QED) is 0.690. The lowest BCUT2D eigenvalue weighted by molar-refractivity contribution is 0.0953. The zero-order valence-electron chi connectivity index (χ0n) is 12.8. The van der Waals surface area contributed by atoms with Gasteiger partial charge in [-0.15, -0.1) is 0 Å². The Morgan fingerprint density at radius 3 is 2.91 bits per heavy atom. The van der Waals surface area contributed by atoms with Gasteiger partial charge in [-0.25, -0.2) is 5.43 Å². The lowest BCUT2D eigenvalue weighted by Crippen LogP contribution is -2.18. The highest BCUT2D eigenvalue weighted by molar-refractivity contribution is 5.95. The molecule has 1 amide bonds. The Bertz CT molecular complexity index is 734. The highest BCUT2D eigenvalue weighted by Crippen LogP contribution is 2.39. The molecule has 0 radical (unpaired) electrons. The molecule has 7 nitrogen and oxygen atoms in total. The summed E-state index contributed by atoms with van der Waals surface area (Å²) in [6.45, 7) is 2.68. The summed E-state index contributed by atoms with van der Waals surface area (Å²) in [6, 6.07) is 5.12. The average Bonchev–Trinajstić information content (AvgIpc) is 3.00. The number of benzene rings is 1. The van der Waals surface area contributed by atoms with Crippen LogP contribution in [0.1, 0.15) is 21.7 Å². The number of hydrogen-bond donors (Lipinski definition) is 1. The lowest BCUT2D eigenvalue weighted by atomic mass is 10.2. The fourth-order valence-electron chi connectivity index (χ4n) is 2.21. The van der Waals surface area contributed by atoms with Gasteiger partial charge < -0.3 is 18.6 Å². The molecule has 3 rings (SSSR count). The summed E-state index contributed by atoms with van der Waals surface area (Å²) < 4.78 is 21.4. The van der Waals surface area contributed by atoms with E-state index in [9.17, 15) is 4.79 Å². The summed E-state index contributed by atoms with van der Waals surface area (Å²) in [7, 11) is 1.55. The number of nitrogens with one attached hydrogen (secondary N) is 1. The van der Waals surface area contributed by atoms with Crippen molar-refractivity contribution in [1.29, 1.82) is 0 Å². The molecule has 0 saturated carbocycles. The van der Waals surface area contributed by atoms with Crippen LogP contribution in [0.4, 0.5) is 0 Å². The van der Waals surface area contributed by atoms with E-state index in [0.717, 1.165) is 5.56 Å². The van der Waals surface area contributed by atoms with E-state index < -0.39 is 0 Å². The van der Waals surface area contributed by atoms with E-state index in [4.69, 9.17) is 18.6 Å². The van der Waals surface area contributed by atoms with Crippen molar-refractivity contribution >= 4 is 12.1 Å². The minimum absolute atomic E-state index is 0.336. The molecule has 1 aromatic carbocycles. The van der Waals surface area contributed by atoms with Gasteiger partial charge in [0.25, 0.3) is 5.91 Å². The second kappa shape index (κ2) is 6.43. The number of amides is 1. The van der Waals surface area contributed by atoms with Crippen molar-refractivity contribution in [3.8, 4) is 17.2 Å². The first-order chi connectivity index (χ1) is 11.2. The number of hydrogen-bond acceptors (Lipinski definition) is 6. The minimum atomic E-state index is -0.336. The van der Waals surface area contributed by atoms with E-state index in [0.29, 0.717) is 41.8 Å². The molecule has 120 valence electrons. The Morgan fingerprint density at radius 1 is 1.35 bits per heavy atom. The number of ether oxygens (including phenoxy) is 3. The Balaban J connectivity index is 1.75. The van der Waals surface area contributed by atoms with Crippen molar-refractivity contribution in [2.45, 2.75) is 6.92 Å². The van der Waals surface area contributed by atoms with Crippen LogP contribution in [0.15, 0.2) is 34.0 Å². The number of carbonyl (C=O) groups is 1. The van der Waals surface area contributed by atoms with Crippen LogP contribution in [-0.4, -0.2) is 32.4 Å². The second-order valence-electron chi connectivity index (χ2n) is 4.84. The van der Waals surface area contributed by atoms with Crippen molar-refractivity contribution in [1.82, 2.24) is 5.43 Å². The molecular weight excluding hydrogens is 300 g/mol. The van der Waals surface area contributed by atoms with Gasteiger partial charge in [-0.05, 0) is 25.1 Å². The predicted octanol–water partition coefficient (Wildman–Crippen LogP) is 2.13. The van der Waals surface area contributed by atoms with Gasteiger partial charge in [0.05, 0.1) is 25.2 Å². The van der Waals surface area contributed by atoms with Crippen molar-refractivity contribution in [2.75, 3.05) is 20.3 Å². The van der Waals surface area contributed by atoms with Crippen LogP contribution >= 0.6 is 0 Å². The van der Waals surface area contributed by atoms with Gasteiger partial charge in [-0.2, -0.15) is 5.10 Å². The van der Waals surface area contributed by atoms with E-state index >= 15 is 0 Å². The van der Waals surface area contributed by atoms with Crippen LogP contribution in [0.3, 0.4) is 0 Å². The Labute approximate surface area is 132 Å². The van der Waals surface area contributed by atoms with Gasteiger partial charge in [0.15, 0.2) is 11.5 Å². The van der Waals surface area contributed by atoms with Crippen molar-refractivity contribution < 1.29 is 23.4 Å². The summed E-state index contributed by atoms with van der Waals surface area (Å²) >= 11 is 0. The van der Waals surface area contributed by atoms with E-state index in [1.54, 1.807) is 32.2 Å². The fraction of sp³-hybridized carbons (Fsp3) is 0.250. The minimum Gasteiger partial charge on any atom is -0.493 e. The van der Waals surface area contributed by atoms with Crippen LogP contribution < -0.4 is 19.6 Å². The first kappa shape index (κ1) is 15.0. The Morgan fingerprint density at radius 2 is 2.17 bits per heavy atom. The fourth-order valence-corrected chi connectivity index (χ4v) is 2.21. The predicted molar refractivity (Wildman–Crippen MR) is 82.5 cm³/mol. The molecule has 1 aromatic heterocycles. The maximum absolute atomic E-state index is 11.9. The molecule has 23 heavy (non-hydrogen) atoms. The number of rotatable bonds is 4. The largest absolute Gasteiger partial charge is 0.493 e. The van der Waals surface area contributed by atoms with Crippen LogP contribution in [0.2, 0.25) is 0 Å². The Kier molecular flexibility index (Phi) is 4.18. The monoisotopic (exact) mass is 316 g/mol. The molecule has 0 bridgehead atoms. The second-order valence-corrected chi connectivity index (χ2v) is 4.84. The third-order valence-electron chi connectivity index (χ3n) is 3.33. The topological polar surface area (TPSA) is 82.3 Å². The molecular formula is C16H16N2O5. The van der Waals surface area contributed by atoms with Gasteiger partial charge in [0.1, 0.15) is 19.0 Å². The third kappa shape index (κ3) is 3.13. The van der Waals surface area contributed by atoms with Gasteiger partial charge in [0.2, 0.25) is 5.75 Å². The van der Waals surface area contributed by atoms with Crippen molar-refractivity contribution in [3.05, 3.63) is 41.3 Å². The molecule has 0 fully saturated rings. The smallest absolute Gasteiger partial charge is 0.274 e. The number of fused-ring (bicyclic) bond motifs is 1. The number of methoxy groups -OCH3 is 1. The zero-order valence-corrected chi connectivity index (χ0v) is 12.8. The van der Waals surface area contributed by atoms with E-state index in [2.05, 4.69) is 10.5 Å². The number of hydrazone groups is 1. The highest BCUT2D eigenvalue weighted by atomic mass is 16.6. The molecule has 2 heterocycles. The van der Waals surface area contributed by atoms with Crippen molar-refractivity contribution in [2.24, 2.45) is 5.10 Å². The molecule has 2 aromatic rings. The molecule has 1 aliphatic rings. The van der Waals surface area contributed by atoms with Crippen LogP contribution in [0.25, 0.3) is 0 Å². The average molecular weight is 316 g/mol. The van der Waals surface area contributed by atoms with Crippen molar-refractivity contribution in [3.63, 3.8) is 0 Å². The Hall–Kier alpha value is -2.96. The molecule has 7 heteroatoms. The molecule has 0 spiro atoms. The third-order valence-corrected chi connectivity index (χ3v) is 3.33. The van der Waals surface area contributed by atoms with Crippen LogP contribution in [0.5, 0.6) is 17.2 Å². The summed E-state index contributed by atoms with van der Waals surface area (Å²) in [4.78, 5) is 11.9. The molecule has 0 saturated heterocycles. The van der Waals surface area contributed by atoms with Gasteiger partial charge in [-0.3, -0.25) is 4.79 Å². The van der Waals surface area contributed by atoms with Crippen LogP contribution in [-0.2, 0) is 0 Å². The normalized spacial score (nSPS) is 13.1. The van der Waals surface area contributed by atoms with Gasteiger partial charge in [0, 0.05) is 5.56 Å². The SMILES string of the molecule is COc1cc(/C=N\NC(=O)c2ccoc2C)cc2c1OCCO2. The molecule has 0 atom stereocenters. The van der Waals surface area contributed by atoms with E-state index in [1.807, 2.05) is 0 Å². The molecule has 1 N–H and O–H groups in total. The highest BCUT2D eigenvalue weighted by Gasteiger charge is 2.18. The maximum atomic E-state index is 11.9. The summed E-state index contributed by atoms with van der Waals surface area (Å²) in [5.41, 5.74) is 3.61. The summed E-state index contributed by atoms with van der Waals surface area (Å²) in [5, 5.41) is 3.94. The molecule has 1 aliphatic heterocycles. The van der Waals surface area contributed by atoms with Gasteiger partial charge >= 0.3 is 0 Å². The van der Waals surface area contributed by atoms with E-state index in [1.165, 1.54) is 12.5 Å². The first-order valence-electron chi connectivity index (χ1n) is 7.04. The zero-order chi connectivity index (χ0) is 16.2. The number of furan rings is 1. The lowest BCUT2D eigenvalue weighted by Gasteiger charge is -2.20. The first-order valence-corrected chi connectivity index (χ1v) is 7.04. The maximum Gasteiger partial charge on any atom is 0.274 e. The number of nitrogens with zero attached hydrogens (tertiary/aromatic N) is 1. The van der Waals surface area contributed by atoms with E-state index in [-0.39, 0.29) is 5.91 Å². The molecule has 0 aliphatic carbocycles. The number of carbonyl (C=O) groups excluding carboxylic acids is 1. The van der Waals surface area contributed by atoms with Gasteiger partial charge in [-0.1, -0.05) is 0 Å². The summed E-state index contributed by atoms with van der Waals surface area (Å²) in [6.07, 6.45) is 2.97. The van der Waals surface area contributed by atoms with Crippen LogP contribution in [0, 0.1) is 6.92 Å². The number of aryl methyl sites for hydroxylation is 1.